The highest BCUT2D eigenvalue weighted by atomic mass is 32.2. The zero-order valence-electron chi connectivity index (χ0n) is 16.2. The molecule has 7 heteroatoms. The summed E-state index contributed by atoms with van der Waals surface area (Å²) >= 11 is 2.86. The molecule has 2 N–H and O–H groups in total. The lowest BCUT2D eigenvalue weighted by molar-refractivity contribution is -0.116. The van der Waals surface area contributed by atoms with Gasteiger partial charge in [-0.25, -0.2) is 4.98 Å². The predicted molar refractivity (Wildman–Crippen MR) is 122 cm³/mol. The fourth-order valence-corrected chi connectivity index (χ4v) is 4.01. The van der Waals surface area contributed by atoms with Crippen LogP contribution in [0.1, 0.15) is 26.2 Å². The Morgan fingerprint density at radius 3 is 2.48 bits per heavy atom. The van der Waals surface area contributed by atoms with Gasteiger partial charge in [-0.2, -0.15) is 0 Å². The van der Waals surface area contributed by atoms with Crippen LogP contribution < -0.4 is 10.6 Å². The summed E-state index contributed by atoms with van der Waals surface area (Å²) in [6, 6.07) is 17.4. The van der Waals surface area contributed by atoms with Crippen LogP contribution in [0.2, 0.25) is 0 Å². The van der Waals surface area contributed by atoms with E-state index in [4.69, 9.17) is 0 Å². The second-order valence-electron chi connectivity index (χ2n) is 6.42. The molecule has 0 spiro atoms. The monoisotopic (exact) mass is 425 g/mol. The first-order valence-electron chi connectivity index (χ1n) is 9.47. The fourth-order valence-electron chi connectivity index (χ4n) is 2.57. The summed E-state index contributed by atoms with van der Waals surface area (Å²) in [5.74, 6) is 0.230. The molecule has 0 unspecified atom stereocenters. The maximum absolute atomic E-state index is 12.2. The van der Waals surface area contributed by atoms with Gasteiger partial charge in [-0.05, 0) is 30.7 Å². The zero-order valence-corrected chi connectivity index (χ0v) is 17.8. The summed E-state index contributed by atoms with van der Waals surface area (Å²) in [6.07, 6.45) is 2.43. The number of anilines is 2. The maximum Gasteiger partial charge on any atom is 0.236 e. The Morgan fingerprint density at radius 1 is 1.00 bits per heavy atom. The number of benzene rings is 2. The molecule has 3 aromatic rings. The number of carbonyl (C=O) groups is 2. The van der Waals surface area contributed by atoms with Gasteiger partial charge in [-0.15, -0.1) is 23.1 Å². The Hall–Kier alpha value is -2.64. The minimum Gasteiger partial charge on any atom is -0.326 e. The third kappa shape index (κ3) is 6.73. The molecule has 5 nitrogen and oxygen atoms in total. The molecule has 0 saturated carbocycles. The minimum atomic E-state index is -0.0964. The maximum atomic E-state index is 12.2. The van der Waals surface area contributed by atoms with Gasteiger partial charge < -0.3 is 10.6 Å². The normalized spacial score (nSPS) is 10.5. The zero-order chi connectivity index (χ0) is 20.5. The van der Waals surface area contributed by atoms with Crippen molar-refractivity contribution in [1.29, 1.82) is 0 Å². The van der Waals surface area contributed by atoms with Crippen LogP contribution in [-0.4, -0.2) is 22.6 Å². The number of aromatic nitrogens is 1. The SMILES string of the molecule is CCCCC(=O)Nc1ccc(SCC(=O)Nc2nc(-c3ccccc3)cs2)cc1. The highest BCUT2D eigenvalue weighted by Crippen LogP contribution is 2.25. The first kappa shape index (κ1) is 21.1. The molecule has 0 radical (unpaired) electrons. The molecule has 1 heterocycles. The van der Waals surface area contributed by atoms with Crippen molar-refractivity contribution in [2.75, 3.05) is 16.4 Å². The van der Waals surface area contributed by atoms with Crippen molar-refractivity contribution < 1.29 is 9.59 Å². The van der Waals surface area contributed by atoms with Gasteiger partial charge >= 0.3 is 0 Å². The van der Waals surface area contributed by atoms with Crippen LogP contribution in [0.15, 0.2) is 64.9 Å². The average molecular weight is 426 g/mol. The van der Waals surface area contributed by atoms with E-state index >= 15 is 0 Å². The molecule has 0 aliphatic heterocycles. The predicted octanol–water partition coefficient (Wildman–Crippen LogP) is 5.67. The first-order chi connectivity index (χ1) is 14.1. The summed E-state index contributed by atoms with van der Waals surface area (Å²) in [7, 11) is 0. The van der Waals surface area contributed by atoms with E-state index in [0.29, 0.717) is 17.3 Å². The topological polar surface area (TPSA) is 71.1 Å². The Morgan fingerprint density at radius 2 is 1.76 bits per heavy atom. The summed E-state index contributed by atoms with van der Waals surface area (Å²) in [5, 5.41) is 8.27. The van der Waals surface area contributed by atoms with Gasteiger partial charge in [-0.1, -0.05) is 43.7 Å². The van der Waals surface area contributed by atoms with E-state index in [1.807, 2.05) is 60.0 Å². The molecular formula is C22H23N3O2S2. The van der Waals surface area contributed by atoms with Gasteiger partial charge in [0.2, 0.25) is 11.8 Å². The van der Waals surface area contributed by atoms with Crippen molar-refractivity contribution in [3.63, 3.8) is 0 Å². The molecule has 2 aromatic carbocycles. The molecule has 29 heavy (non-hydrogen) atoms. The Labute approximate surface area is 179 Å². The van der Waals surface area contributed by atoms with Crippen LogP contribution in [0, 0.1) is 0 Å². The highest BCUT2D eigenvalue weighted by molar-refractivity contribution is 8.00. The summed E-state index contributed by atoms with van der Waals surface area (Å²) < 4.78 is 0. The van der Waals surface area contributed by atoms with Crippen LogP contribution in [0.25, 0.3) is 11.3 Å². The number of nitrogens with one attached hydrogen (secondary N) is 2. The number of carbonyl (C=O) groups excluding carboxylic acids is 2. The van der Waals surface area contributed by atoms with Crippen molar-refractivity contribution in [2.45, 2.75) is 31.1 Å². The number of nitrogens with zero attached hydrogens (tertiary/aromatic N) is 1. The number of thioether (sulfide) groups is 1. The van der Waals surface area contributed by atoms with Crippen molar-refractivity contribution in [3.05, 3.63) is 60.0 Å². The summed E-state index contributed by atoms with van der Waals surface area (Å²) in [6.45, 7) is 2.06. The standard InChI is InChI=1S/C22H23N3O2S2/c1-2-3-9-20(26)23-17-10-12-18(13-11-17)28-15-21(27)25-22-24-19(14-29-22)16-7-5-4-6-8-16/h4-8,10-14H,2-3,9,15H2,1H3,(H,23,26)(H,24,25,27). The van der Waals surface area contributed by atoms with Gasteiger partial charge in [0.15, 0.2) is 5.13 Å². The van der Waals surface area contributed by atoms with Crippen molar-refractivity contribution >= 4 is 45.7 Å². The van der Waals surface area contributed by atoms with E-state index in [2.05, 4.69) is 22.5 Å². The van der Waals surface area contributed by atoms with Crippen molar-refractivity contribution in [1.82, 2.24) is 4.98 Å². The molecule has 3 rings (SSSR count). The Bertz CT molecular complexity index is 940. The third-order valence-corrected chi connectivity index (χ3v) is 5.86. The number of unbranched alkanes of at least 4 members (excludes halogenated alkanes) is 1. The highest BCUT2D eigenvalue weighted by Gasteiger charge is 2.09. The van der Waals surface area contributed by atoms with Crippen molar-refractivity contribution in [2.24, 2.45) is 0 Å². The lowest BCUT2D eigenvalue weighted by Gasteiger charge is -2.06. The molecule has 0 aliphatic carbocycles. The minimum absolute atomic E-state index is 0.0324. The van der Waals surface area contributed by atoms with Crippen molar-refractivity contribution in [3.8, 4) is 11.3 Å². The second-order valence-corrected chi connectivity index (χ2v) is 8.32. The molecule has 0 aliphatic rings. The number of hydrogen-bond donors (Lipinski definition) is 2. The van der Waals surface area contributed by atoms with Gasteiger partial charge in [0.1, 0.15) is 0 Å². The number of hydrogen-bond acceptors (Lipinski definition) is 5. The second kappa shape index (κ2) is 10.8. The number of amides is 2. The van der Waals surface area contributed by atoms with Crippen LogP contribution >= 0.6 is 23.1 Å². The summed E-state index contributed by atoms with van der Waals surface area (Å²) in [4.78, 5) is 29.4. The molecule has 0 fully saturated rings. The van der Waals surface area contributed by atoms with Crippen LogP contribution in [0.3, 0.4) is 0 Å². The van der Waals surface area contributed by atoms with Gasteiger partial charge in [-0.3, -0.25) is 9.59 Å². The fraction of sp³-hybridized carbons (Fsp3) is 0.227. The van der Waals surface area contributed by atoms with E-state index < -0.39 is 0 Å². The first-order valence-corrected chi connectivity index (χ1v) is 11.3. The van der Waals surface area contributed by atoms with Gasteiger partial charge in [0.05, 0.1) is 11.4 Å². The Balaban J connectivity index is 1.46. The lowest BCUT2D eigenvalue weighted by atomic mass is 10.2. The quantitative estimate of drug-likeness (QED) is 0.433. The molecule has 0 bridgehead atoms. The van der Waals surface area contributed by atoms with Crippen LogP contribution in [-0.2, 0) is 9.59 Å². The van der Waals surface area contributed by atoms with E-state index in [-0.39, 0.29) is 11.8 Å². The number of rotatable bonds is 9. The summed E-state index contributed by atoms with van der Waals surface area (Å²) in [5.41, 5.74) is 2.66. The molecule has 2 amide bonds. The van der Waals surface area contributed by atoms with Crippen LogP contribution in [0.5, 0.6) is 0 Å². The molecule has 150 valence electrons. The Kier molecular flexibility index (Phi) is 7.84. The lowest BCUT2D eigenvalue weighted by Crippen LogP contribution is -2.13. The van der Waals surface area contributed by atoms with Crippen LogP contribution in [0.4, 0.5) is 10.8 Å². The molecular weight excluding hydrogens is 402 g/mol. The third-order valence-electron chi connectivity index (χ3n) is 4.09. The largest absolute Gasteiger partial charge is 0.326 e. The van der Waals surface area contributed by atoms with Gasteiger partial charge in [0, 0.05) is 27.9 Å². The van der Waals surface area contributed by atoms with E-state index in [9.17, 15) is 9.59 Å². The van der Waals surface area contributed by atoms with E-state index in [1.54, 1.807) is 0 Å². The smallest absolute Gasteiger partial charge is 0.236 e. The average Bonchev–Trinajstić information content (AvgIpc) is 3.21. The number of thiazole rings is 1. The molecule has 0 atom stereocenters. The molecule has 1 aromatic heterocycles. The van der Waals surface area contributed by atoms with Gasteiger partial charge in [0.25, 0.3) is 0 Å². The molecule has 0 saturated heterocycles. The van der Waals surface area contributed by atoms with E-state index in [0.717, 1.165) is 34.7 Å². The van der Waals surface area contributed by atoms with E-state index in [1.165, 1.54) is 23.1 Å².